The van der Waals surface area contributed by atoms with E-state index in [0.717, 1.165) is 0 Å². The second-order valence-corrected chi connectivity index (χ2v) is 8.83. The fourth-order valence-corrected chi connectivity index (χ4v) is 6.05. The lowest BCUT2D eigenvalue weighted by atomic mass is 9.78. The van der Waals surface area contributed by atoms with E-state index in [1.54, 1.807) is 20.8 Å². The molecule has 2 aliphatic heterocycles. The summed E-state index contributed by atoms with van der Waals surface area (Å²) in [6.45, 7) is 5.15. The minimum atomic E-state index is -3.76. The van der Waals surface area contributed by atoms with Gasteiger partial charge in [-0.25, -0.2) is 19.0 Å². The van der Waals surface area contributed by atoms with Crippen molar-refractivity contribution in [3.63, 3.8) is 0 Å². The van der Waals surface area contributed by atoms with Crippen LogP contribution in [0.3, 0.4) is 0 Å². The summed E-state index contributed by atoms with van der Waals surface area (Å²) in [7, 11) is -3.76. The highest BCUT2D eigenvalue weighted by atomic mass is 31.2. The molecule has 0 aromatic carbocycles. The second kappa shape index (κ2) is 5.04. The minimum absolute atomic E-state index is 0.212. The summed E-state index contributed by atoms with van der Waals surface area (Å²) >= 11 is 0. The highest BCUT2D eigenvalue weighted by Gasteiger charge is 2.90. The van der Waals surface area contributed by atoms with Crippen molar-refractivity contribution in [1.82, 2.24) is 19.6 Å². The van der Waals surface area contributed by atoms with E-state index in [1.165, 1.54) is 17.0 Å². The Morgan fingerprint density at radius 2 is 2.22 bits per heavy atom. The molecular weight excluding hydrogens is 375 g/mol. The number of hydrogen-bond acceptors (Lipinski definition) is 10. The van der Waals surface area contributed by atoms with Gasteiger partial charge in [-0.2, -0.15) is 10.4 Å². The van der Waals surface area contributed by atoms with E-state index in [-0.39, 0.29) is 11.9 Å². The molecule has 0 bridgehead atoms. The summed E-state index contributed by atoms with van der Waals surface area (Å²) in [5, 5.41) is 14.2. The Kier molecular flexibility index (Phi) is 3.18. The van der Waals surface area contributed by atoms with Crippen LogP contribution >= 0.6 is 7.82 Å². The normalized spacial score (nSPS) is 42.3. The van der Waals surface area contributed by atoms with E-state index >= 15 is 0 Å². The summed E-state index contributed by atoms with van der Waals surface area (Å²) in [4.78, 5) is 8.13. The van der Waals surface area contributed by atoms with E-state index in [0.29, 0.717) is 11.3 Å². The van der Waals surface area contributed by atoms with Crippen LogP contribution in [0.5, 0.6) is 0 Å². The van der Waals surface area contributed by atoms with Crippen molar-refractivity contribution < 1.29 is 22.9 Å². The van der Waals surface area contributed by atoms with Crippen molar-refractivity contribution in [3.8, 4) is 6.07 Å². The summed E-state index contributed by atoms with van der Waals surface area (Å²) in [6.07, 6.45) is 0.595. The molecule has 6 atom stereocenters. The van der Waals surface area contributed by atoms with Crippen molar-refractivity contribution in [2.24, 2.45) is 5.41 Å². The van der Waals surface area contributed by atoms with Crippen molar-refractivity contribution in [2.45, 2.75) is 50.8 Å². The number of ether oxygens (including phenoxy) is 1. The van der Waals surface area contributed by atoms with Gasteiger partial charge in [0.1, 0.15) is 30.1 Å². The summed E-state index contributed by atoms with van der Waals surface area (Å²) in [5.74, 6) is 0.212. The van der Waals surface area contributed by atoms with Gasteiger partial charge in [-0.05, 0) is 20.8 Å². The van der Waals surface area contributed by atoms with Crippen LogP contribution < -0.4 is 5.73 Å². The van der Waals surface area contributed by atoms with Gasteiger partial charge >= 0.3 is 7.82 Å². The van der Waals surface area contributed by atoms with Gasteiger partial charge in [-0.1, -0.05) is 0 Å². The molecule has 2 aromatic rings. The number of phosphoric ester groups is 1. The van der Waals surface area contributed by atoms with Crippen LogP contribution in [0.1, 0.15) is 32.6 Å². The maximum atomic E-state index is 12.8. The Morgan fingerprint density at radius 3 is 2.93 bits per heavy atom. The molecule has 2 N–H and O–H groups in total. The molecular formula is C15H17N6O5P. The molecule has 3 fully saturated rings. The van der Waals surface area contributed by atoms with Crippen LogP contribution in [-0.2, 0) is 22.9 Å². The van der Waals surface area contributed by atoms with Gasteiger partial charge < -0.3 is 10.5 Å². The van der Waals surface area contributed by atoms with Crippen LogP contribution in [0.15, 0.2) is 12.5 Å². The lowest BCUT2D eigenvalue weighted by Gasteiger charge is -2.29. The van der Waals surface area contributed by atoms with E-state index < -0.39 is 37.2 Å². The zero-order valence-corrected chi connectivity index (χ0v) is 15.7. The van der Waals surface area contributed by atoms with Gasteiger partial charge in [-0.3, -0.25) is 13.6 Å². The molecule has 1 aliphatic carbocycles. The molecule has 5 rings (SSSR count). The first-order valence-corrected chi connectivity index (χ1v) is 9.90. The van der Waals surface area contributed by atoms with Gasteiger partial charge in [0.25, 0.3) is 0 Å². The molecule has 12 heteroatoms. The Morgan fingerprint density at radius 1 is 1.44 bits per heavy atom. The van der Waals surface area contributed by atoms with E-state index in [4.69, 9.17) is 24.0 Å². The van der Waals surface area contributed by atoms with Crippen molar-refractivity contribution >= 4 is 19.3 Å². The average molecular weight is 392 g/mol. The van der Waals surface area contributed by atoms with Gasteiger partial charge in [-0.15, -0.1) is 0 Å². The summed E-state index contributed by atoms with van der Waals surface area (Å²) in [5.41, 5.74) is 4.35. The Labute approximate surface area is 154 Å². The van der Waals surface area contributed by atoms with Gasteiger partial charge in [0.05, 0.1) is 24.1 Å². The van der Waals surface area contributed by atoms with Crippen molar-refractivity contribution in [3.05, 3.63) is 18.2 Å². The number of aromatic nitrogens is 4. The quantitative estimate of drug-likeness (QED) is 0.760. The first-order chi connectivity index (χ1) is 12.8. The van der Waals surface area contributed by atoms with E-state index in [2.05, 4.69) is 21.1 Å². The molecule has 4 heterocycles. The first kappa shape index (κ1) is 17.0. The number of rotatable bonds is 3. The number of nitrogen functional groups attached to an aromatic ring is 1. The van der Waals surface area contributed by atoms with Gasteiger partial charge in [0.15, 0.2) is 17.1 Å². The first-order valence-electron chi connectivity index (χ1n) is 8.44. The Bertz CT molecular complexity index is 1050. The lowest BCUT2D eigenvalue weighted by Crippen LogP contribution is -2.38. The van der Waals surface area contributed by atoms with E-state index in [9.17, 15) is 9.83 Å². The Hall–Kier alpha value is -2.09. The number of hydrogen-bond donors (Lipinski definition) is 1. The molecule has 0 amide bonds. The highest BCUT2D eigenvalue weighted by molar-refractivity contribution is 7.49. The predicted octanol–water partition coefficient (Wildman–Crippen LogP) is 1.38. The third-order valence-corrected chi connectivity index (χ3v) is 7.02. The summed E-state index contributed by atoms with van der Waals surface area (Å²) in [6, 6.07) is 2.28. The number of phosphoric acid groups is 1. The number of fused-ring (bicyclic) bond motifs is 2. The number of nitrogens with zero attached hydrogens (tertiary/aromatic N) is 5. The Balaban J connectivity index is 1.56. The zero-order chi connectivity index (χ0) is 19.2. The minimum Gasteiger partial charge on any atom is -0.381 e. The molecule has 6 unspecified atom stereocenters. The van der Waals surface area contributed by atoms with Crippen LogP contribution in [0.4, 0.5) is 5.82 Å². The number of imidazole rings is 1. The predicted molar refractivity (Wildman–Crippen MR) is 89.0 cm³/mol. The maximum Gasteiger partial charge on any atom is 0.476 e. The topological polar surface area (TPSA) is 147 Å². The fourth-order valence-electron chi connectivity index (χ4n) is 4.08. The third kappa shape index (κ3) is 1.94. The largest absolute Gasteiger partial charge is 0.476 e. The summed E-state index contributed by atoms with van der Waals surface area (Å²) < 4.78 is 37.0. The number of anilines is 1. The van der Waals surface area contributed by atoms with Crippen molar-refractivity contribution in [2.75, 3.05) is 5.73 Å². The van der Waals surface area contributed by atoms with Crippen LogP contribution in [-0.4, -0.2) is 43.5 Å². The van der Waals surface area contributed by atoms with Crippen molar-refractivity contribution in [1.29, 1.82) is 5.26 Å². The highest BCUT2D eigenvalue weighted by Crippen LogP contribution is 2.80. The molecule has 142 valence electrons. The molecule has 27 heavy (non-hydrogen) atoms. The van der Waals surface area contributed by atoms with Gasteiger partial charge in [0.2, 0.25) is 0 Å². The monoisotopic (exact) mass is 392 g/mol. The maximum absolute atomic E-state index is 12.8. The molecule has 11 nitrogen and oxygen atoms in total. The van der Waals surface area contributed by atoms with Gasteiger partial charge in [0, 0.05) is 0 Å². The SMILES string of the molecule is CC(C)OP1(=O)OC2C3OC(c4cnc5c(N)ncnn45)C(C)(C#N)C32O1. The zero-order valence-electron chi connectivity index (χ0n) is 14.8. The number of nitriles is 1. The molecule has 2 saturated heterocycles. The molecule has 1 saturated carbocycles. The van der Waals surface area contributed by atoms with Crippen LogP contribution in [0.2, 0.25) is 0 Å². The lowest BCUT2D eigenvalue weighted by molar-refractivity contribution is -0.00703. The second-order valence-electron chi connectivity index (χ2n) is 7.33. The average Bonchev–Trinajstić information content (AvgIpc) is 2.96. The molecule has 2 aromatic heterocycles. The molecule has 0 radical (unpaired) electrons. The van der Waals surface area contributed by atoms with Crippen LogP contribution in [0, 0.1) is 16.7 Å². The van der Waals surface area contributed by atoms with E-state index in [1.807, 2.05) is 0 Å². The number of nitrogens with two attached hydrogens (primary N) is 1. The fraction of sp³-hybridized carbons (Fsp3) is 0.600. The standard InChI is InChI=1S/C15H17N6O5P/c1-7(2)24-27(22)25-11-10-15(11,26-27)14(3,5-16)9(23-10)8-4-18-13-12(17)19-6-20-21(8)13/h4,6-7,9-11H,1-3H3,(H2,17,19,20). The molecule has 1 spiro atoms. The third-order valence-electron chi connectivity index (χ3n) is 5.33. The smallest absolute Gasteiger partial charge is 0.381 e. The molecule has 3 aliphatic rings. The van der Waals surface area contributed by atoms with Crippen LogP contribution in [0.25, 0.3) is 5.65 Å².